The van der Waals surface area contributed by atoms with Gasteiger partial charge in [0, 0.05) is 19.1 Å². The summed E-state index contributed by atoms with van der Waals surface area (Å²) in [5.41, 5.74) is 0. The zero-order chi connectivity index (χ0) is 7.84. The van der Waals surface area contributed by atoms with Crippen molar-refractivity contribution in [2.75, 3.05) is 13.6 Å². The number of likely N-dealkylation sites (N-methyl/N-ethyl adjacent to an activating group) is 1. The Labute approximate surface area is 66.8 Å². The molecule has 3 nitrogen and oxygen atoms in total. The standard InChI is InChI=1S/C8H14N2O/c1-10-7-3-2-6(4-7)9-5-8(10)11/h6-7,9H,2-5H2,1H3. The van der Waals surface area contributed by atoms with Gasteiger partial charge in [-0.05, 0) is 19.3 Å². The second kappa shape index (κ2) is 2.48. The summed E-state index contributed by atoms with van der Waals surface area (Å²) >= 11 is 0. The Morgan fingerprint density at radius 2 is 2.36 bits per heavy atom. The first-order valence-corrected chi connectivity index (χ1v) is 4.26. The van der Waals surface area contributed by atoms with Crippen molar-refractivity contribution >= 4 is 5.91 Å². The summed E-state index contributed by atoms with van der Waals surface area (Å²) in [5.74, 6) is 0.247. The number of amides is 1. The highest BCUT2D eigenvalue weighted by Gasteiger charge is 2.32. The Kier molecular flexibility index (Phi) is 1.60. The summed E-state index contributed by atoms with van der Waals surface area (Å²) in [6.07, 6.45) is 3.57. The minimum atomic E-state index is 0.247. The van der Waals surface area contributed by atoms with Gasteiger partial charge in [-0.3, -0.25) is 4.79 Å². The number of carbonyl (C=O) groups excluding carboxylic acids is 1. The smallest absolute Gasteiger partial charge is 0.236 e. The highest BCUT2D eigenvalue weighted by Crippen LogP contribution is 2.25. The second-order valence-electron chi connectivity index (χ2n) is 3.55. The van der Waals surface area contributed by atoms with Crippen molar-refractivity contribution in [1.82, 2.24) is 10.2 Å². The van der Waals surface area contributed by atoms with Gasteiger partial charge in [0.05, 0.1) is 6.54 Å². The topological polar surface area (TPSA) is 32.3 Å². The van der Waals surface area contributed by atoms with Crippen molar-refractivity contribution < 1.29 is 4.79 Å². The quantitative estimate of drug-likeness (QED) is 0.531. The van der Waals surface area contributed by atoms with E-state index in [0.717, 1.165) is 6.42 Å². The van der Waals surface area contributed by atoms with Crippen LogP contribution < -0.4 is 5.32 Å². The fraction of sp³-hybridized carbons (Fsp3) is 0.875. The predicted molar refractivity (Wildman–Crippen MR) is 42.2 cm³/mol. The lowest BCUT2D eigenvalue weighted by molar-refractivity contribution is -0.130. The van der Waals surface area contributed by atoms with E-state index in [0.29, 0.717) is 18.6 Å². The monoisotopic (exact) mass is 154 g/mol. The van der Waals surface area contributed by atoms with Gasteiger partial charge in [-0.1, -0.05) is 0 Å². The van der Waals surface area contributed by atoms with Crippen molar-refractivity contribution in [2.45, 2.75) is 31.3 Å². The minimum Gasteiger partial charge on any atom is -0.342 e. The van der Waals surface area contributed by atoms with E-state index in [2.05, 4.69) is 5.32 Å². The summed E-state index contributed by atoms with van der Waals surface area (Å²) in [4.78, 5) is 13.2. The normalized spacial score (nSPS) is 37.5. The molecule has 0 spiro atoms. The Hall–Kier alpha value is -0.570. The first-order chi connectivity index (χ1) is 5.27. The third-order valence-electron chi connectivity index (χ3n) is 2.89. The zero-order valence-corrected chi connectivity index (χ0v) is 6.84. The summed E-state index contributed by atoms with van der Waals surface area (Å²) in [7, 11) is 1.92. The van der Waals surface area contributed by atoms with Crippen molar-refractivity contribution in [3.05, 3.63) is 0 Å². The Balaban J connectivity index is 2.13. The van der Waals surface area contributed by atoms with E-state index >= 15 is 0 Å². The second-order valence-corrected chi connectivity index (χ2v) is 3.55. The number of hydrogen-bond acceptors (Lipinski definition) is 2. The van der Waals surface area contributed by atoms with Crippen LogP contribution in [-0.2, 0) is 4.79 Å². The average molecular weight is 154 g/mol. The lowest BCUT2D eigenvalue weighted by Gasteiger charge is -2.22. The number of rotatable bonds is 0. The highest BCUT2D eigenvalue weighted by atomic mass is 16.2. The number of carbonyl (C=O) groups is 1. The minimum absolute atomic E-state index is 0.247. The van der Waals surface area contributed by atoms with Crippen LogP contribution in [0.3, 0.4) is 0 Å². The van der Waals surface area contributed by atoms with Gasteiger partial charge in [0.2, 0.25) is 5.91 Å². The molecule has 1 N–H and O–H groups in total. The van der Waals surface area contributed by atoms with Gasteiger partial charge in [-0.25, -0.2) is 0 Å². The number of fused-ring (bicyclic) bond motifs is 2. The molecule has 2 unspecified atom stereocenters. The zero-order valence-electron chi connectivity index (χ0n) is 6.84. The number of hydrogen-bond donors (Lipinski definition) is 1. The van der Waals surface area contributed by atoms with Crippen LogP contribution in [0.1, 0.15) is 19.3 Å². The number of nitrogens with one attached hydrogen (secondary N) is 1. The van der Waals surface area contributed by atoms with Crippen LogP contribution in [0.4, 0.5) is 0 Å². The van der Waals surface area contributed by atoms with Crippen LogP contribution in [0.2, 0.25) is 0 Å². The SMILES string of the molecule is CN1C(=O)CNC2CCC1C2. The van der Waals surface area contributed by atoms with Gasteiger partial charge in [0.15, 0.2) is 0 Å². The van der Waals surface area contributed by atoms with E-state index in [1.807, 2.05) is 11.9 Å². The molecular formula is C8H14N2O. The fourth-order valence-electron chi connectivity index (χ4n) is 2.05. The molecule has 62 valence electrons. The highest BCUT2D eigenvalue weighted by molar-refractivity contribution is 5.78. The van der Waals surface area contributed by atoms with Crippen molar-refractivity contribution in [1.29, 1.82) is 0 Å². The van der Waals surface area contributed by atoms with E-state index in [-0.39, 0.29) is 5.91 Å². The molecule has 2 rings (SSSR count). The molecule has 1 amide bonds. The molecule has 2 fully saturated rings. The van der Waals surface area contributed by atoms with Crippen LogP contribution >= 0.6 is 0 Å². The predicted octanol–water partition coefficient (Wildman–Crippen LogP) is -0.0309. The van der Waals surface area contributed by atoms with Crippen molar-refractivity contribution in [2.24, 2.45) is 0 Å². The van der Waals surface area contributed by atoms with E-state index in [1.54, 1.807) is 0 Å². The summed E-state index contributed by atoms with van der Waals surface area (Å²) in [6, 6.07) is 1.12. The van der Waals surface area contributed by atoms with Gasteiger partial charge in [0.1, 0.15) is 0 Å². The Morgan fingerprint density at radius 1 is 1.55 bits per heavy atom. The van der Waals surface area contributed by atoms with Crippen LogP contribution in [0.15, 0.2) is 0 Å². The summed E-state index contributed by atoms with van der Waals surface area (Å²) < 4.78 is 0. The maximum atomic E-state index is 11.3. The molecule has 1 aliphatic carbocycles. The molecule has 1 saturated carbocycles. The molecule has 2 atom stereocenters. The van der Waals surface area contributed by atoms with Gasteiger partial charge in [-0.15, -0.1) is 0 Å². The largest absolute Gasteiger partial charge is 0.342 e. The van der Waals surface area contributed by atoms with E-state index < -0.39 is 0 Å². The summed E-state index contributed by atoms with van der Waals surface area (Å²) in [5, 5.41) is 3.26. The lowest BCUT2D eigenvalue weighted by Crippen LogP contribution is -2.39. The van der Waals surface area contributed by atoms with Gasteiger partial charge in [0.25, 0.3) is 0 Å². The maximum Gasteiger partial charge on any atom is 0.236 e. The first kappa shape index (κ1) is 7.10. The number of nitrogens with zero attached hydrogens (tertiary/aromatic N) is 1. The van der Waals surface area contributed by atoms with Crippen LogP contribution in [0.5, 0.6) is 0 Å². The van der Waals surface area contributed by atoms with Gasteiger partial charge < -0.3 is 10.2 Å². The van der Waals surface area contributed by atoms with Crippen molar-refractivity contribution in [3.8, 4) is 0 Å². The summed E-state index contributed by atoms with van der Waals surface area (Å²) in [6.45, 7) is 0.539. The van der Waals surface area contributed by atoms with Crippen LogP contribution in [0.25, 0.3) is 0 Å². The molecule has 1 saturated heterocycles. The van der Waals surface area contributed by atoms with Crippen LogP contribution in [0, 0.1) is 0 Å². The Morgan fingerprint density at radius 3 is 3.18 bits per heavy atom. The van der Waals surface area contributed by atoms with Crippen LogP contribution in [-0.4, -0.2) is 36.5 Å². The molecule has 0 aromatic rings. The molecule has 2 bridgehead atoms. The molecule has 11 heavy (non-hydrogen) atoms. The molecule has 0 aromatic carbocycles. The maximum absolute atomic E-state index is 11.3. The van der Waals surface area contributed by atoms with Gasteiger partial charge in [-0.2, -0.15) is 0 Å². The Bertz CT molecular complexity index is 181. The third kappa shape index (κ3) is 1.13. The van der Waals surface area contributed by atoms with E-state index in [1.165, 1.54) is 12.8 Å². The average Bonchev–Trinajstić information content (AvgIpc) is 2.41. The van der Waals surface area contributed by atoms with Gasteiger partial charge >= 0.3 is 0 Å². The molecule has 3 heteroatoms. The molecule has 2 aliphatic rings. The third-order valence-corrected chi connectivity index (χ3v) is 2.89. The first-order valence-electron chi connectivity index (χ1n) is 4.26. The molecule has 1 aliphatic heterocycles. The molecule has 1 heterocycles. The van der Waals surface area contributed by atoms with Crippen molar-refractivity contribution in [3.63, 3.8) is 0 Å². The molecule has 0 aromatic heterocycles. The van der Waals surface area contributed by atoms with E-state index in [4.69, 9.17) is 0 Å². The van der Waals surface area contributed by atoms with E-state index in [9.17, 15) is 4.79 Å². The molecule has 0 radical (unpaired) electrons. The lowest BCUT2D eigenvalue weighted by atomic mass is 10.2. The molecular weight excluding hydrogens is 140 g/mol. The fourth-order valence-corrected chi connectivity index (χ4v) is 2.05.